The predicted octanol–water partition coefficient (Wildman–Crippen LogP) is -1.12. The average Bonchev–Trinajstić information content (AvgIpc) is 2.98. The molecule has 1 fully saturated rings. The molecule has 0 aromatic carbocycles. The van der Waals surface area contributed by atoms with Crippen LogP contribution in [-0.2, 0) is 4.74 Å². The van der Waals surface area contributed by atoms with E-state index in [2.05, 4.69) is 9.97 Å². The van der Waals surface area contributed by atoms with Crippen molar-refractivity contribution < 1.29 is 20.1 Å². The summed E-state index contributed by atoms with van der Waals surface area (Å²) in [6.07, 6.45) is -1.72. The molecule has 0 saturated carbocycles. The summed E-state index contributed by atoms with van der Waals surface area (Å²) >= 11 is 0. The molecular weight excluding hydrogens is 254 g/mol. The van der Waals surface area contributed by atoms with Crippen LogP contribution < -0.4 is 0 Å². The van der Waals surface area contributed by atoms with Gasteiger partial charge in [-0.25, -0.2) is 4.98 Å². The zero-order valence-corrected chi connectivity index (χ0v) is 9.75. The maximum absolute atomic E-state index is 12.1. The van der Waals surface area contributed by atoms with E-state index >= 15 is 0 Å². The van der Waals surface area contributed by atoms with E-state index in [9.17, 15) is 15.4 Å². The van der Waals surface area contributed by atoms with Crippen molar-refractivity contribution in [2.24, 2.45) is 0 Å². The van der Waals surface area contributed by atoms with Crippen molar-refractivity contribution in [3.63, 3.8) is 0 Å². The summed E-state index contributed by atoms with van der Waals surface area (Å²) in [4.78, 5) is 7.86. The van der Waals surface area contributed by atoms with Gasteiger partial charge in [0.05, 0.1) is 18.5 Å². The Balaban J connectivity index is 2.01. The Morgan fingerprint density at radius 2 is 2.11 bits per heavy atom. The normalized spacial score (nSPS) is 31.1. The second-order valence-electron chi connectivity index (χ2n) is 4.38. The Kier molecular flexibility index (Phi) is 2.86. The third kappa shape index (κ3) is 1.77. The van der Waals surface area contributed by atoms with Crippen molar-refractivity contribution in [3.8, 4) is 11.4 Å². The fourth-order valence-corrected chi connectivity index (χ4v) is 2.22. The number of nitrogens with zero attached hydrogens (tertiary/aromatic N) is 3. The molecule has 102 valence electrons. The van der Waals surface area contributed by atoms with E-state index in [4.69, 9.17) is 9.84 Å². The molecule has 8 nitrogen and oxygen atoms in total. The first-order valence-electron chi connectivity index (χ1n) is 5.76. The molecule has 3 aliphatic heterocycles. The number of hydrogen-bond donors (Lipinski definition) is 3. The molecule has 1 unspecified atom stereocenters. The third-order valence-corrected chi connectivity index (χ3v) is 3.25. The van der Waals surface area contributed by atoms with Crippen LogP contribution in [0.4, 0.5) is 0 Å². The minimum Gasteiger partial charge on any atom is -0.804 e. The zero-order chi connectivity index (χ0) is 13.6. The van der Waals surface area contributed by atoms with E-state index in [0.717, 1.165) is 0 Å². The van der Waals surface area contributed by atoms with E-state index in [0.29, 0.717) is 16.1 Å². The van der Waals surface area contributed by atoms with Gasteiger partial charge < -0.3 is 30.0 Å². The van der Waals surface area contributed by atoms with Gasteiger partial charge in [-0.2, -0.15) is 0 Å². The summed E-state index contributed by atoms with van der Waals surface area (Å²) in [7, 11) is 0. The van der Waals surface area contributed by atoms with Crippen LogP contribution >= 0.6 is 0 Å². The molecule has 0 spiro atoms. The van der Waals surface area contributed by atoms with Crippen LogP contribution in [0.2, 0.25) is 0 Å². The molecular formula is C11H12N3O5-. The van der Waals surface area contributed by atoms with Crippen LogP contribution in [0.25, 0.3) is 11.4 Å². The van der Waals surface area contributed by atoms with E-state index < -0.39 is 31.0 Å². The molecule has 0 aromatic heterocycles. The zero-order valence-electron chi connectivity index (χ0n) is 9.75. The number of hydrogen-bond acceptors (Lipinski definition) is 7. The highest BCUT2D eigenvalue weighted by Crippen LogP contribution is 2.34. The molecule has 0 bridgehead atoms. The van der Waals surface area contributed by atoms with Crippen LogP contribution in [-0.4, -0.2) is 54.9 Å². The van der Waals surface area contributed by atoms with Gasteiger partial charge in [0.2, 0.25) is 0 Å². The second kappa shape index (κ2) is 4.42. The summed E-state index contributed by atoms with van der Waals surface area (Å²) in [5, 5.41) is 40.7. The first-order chi connectivity index (χ1) is 9.13. The Morgan fingerprint density at radius 3 is 2.79 bits per heavy atom. The summed E-state index contributed by atoms with van der Waals surface area (Å²) in [6, 6.07) is 1.52. The van der Waals surface area contributed by atoms with Gasteiger partial charge in [-0.3, -0.25) is 4.98 Å². The highest BCUT2D eigenvalue weighted by Gasteiger charge is 2.44. The van der Waals surface area contributed by atoms with Gasteiger partial charge in [-0.15, -0.1) is 0 Å². The molecule has 0 radical (unpaired) electrons. The number of aliphatic hydroxyl groups excluding tert-OH is 3. The number of fused-ring (bicyclic) bond motifs is 1. The van der Waals surface area contributed by atoms with E-state index in [-0.39, 0.29) is 5.82 Å². The molecule has 0 amide bonds. The van der Waals surface area contributed by atoms with Crippen LogP contribution in [0, 0.1) is 5.21 Å². The van der Waals surface area contributed by atoms with Crippen LogP contribution in [0.1, 0.15) is 11.9 Å². The van der Waals surface area contributed by atoms with Crippen LogP contribution in [0.15, 0.2) is 18.5 Å². The van der Waals surface area contributed by atoms with Crippen molar-refractivity contribution in [2.75, 3.05) is 6.61 Å². The smallest absolute Gasteiger partial charge is 0.144 e. The SMILES string of the molecule is [O-]n1c2ccnc-2cnc1C1O[C@H](CO)[C@@H](O)[C@H]1O. The van der Waals surface area contributed by atoms with Gasteiger partial charge in [-0.05, 0) is 6.07 Å². The number of aliphatic hydroxyl groups is 3. The van der Waals surface area contributed by atoms with E-state index in [1.807, 2.05) is 0 Å². The molecule has 0 aliphatic carbocycles. The van der Waals surface area contributed by atoms with Gasteiger partial charge in [0.1, 0.15) is 35.9 Å². The fourth-order valence-electron chi connectivity index (χ4n) is 2.22. The van der Waals surface area contributed by atoms with Crippen LogP contribution in [0.3, 0.4) is 0 Å². The van der Waals surface area contributed by atoms with Gasteiger partial charge >= 0.3 is 0 Å². The Labute approximate surface area is 107 Å². The molecule has 3 heterocycles. The second-order valence-corrected chi connectivity index (χ2v) is 4.38. The van der Waals surface area contributed by atoms with Gasteiger partial charge in [0.25, 0.3) is 0 Å². The Bertz CT molecular complexity index is 559. The topological polar surface area (TPSA) is 124 Å². The minimum atomic E-state index is -1.31. The predicted molar refractivity (Wildman–Crippen MR) is 62.1 cm³/mol. The summed E-state index contributed by atoms with van der Waals surface area (Å²) in [6.45, 7) is -0.451. The van der Waals surface area contributed by atoms with Gasteiger partial charge in [0, 0.05) is 6.20 Å². The van der Waals surface area contributed by atoms with Gasteiger partial charge in [-0.1, -0.05) is 0 Å². The first-order valence-corrected chi connectivity index (χ1v) is 5.76. The number of ether oxygens (including phenoxy) is 1. The number of aromatic nitrogens is 3. The molecule has 4 atom stereocenters. The standard InChI is InChI=1S/C11H12N3O5/c15-4-7-8(16)9(17)10(19-7)11-13-3-5-6(14(11)18)1-2-12-5/h1-3,7-10,15-17H,4H2/q-1/t7-,8-,9-,10?/m1/s1. The Morgan fingerprint density at radius 1 is 1.32 bits per heavy atom. The maximum atomic E-state index is 12.1. The minimum absolute atomic E-state index is 0.0667. The van der Waals surface area contributed by atoms with Crippen molar-refractivity contribution in [1.29, 1.82) is 0 Å². The molecule has 0 aromatic rings. The molecule has 3 N–H and O–H groups in total. The molecule has 3 rings (SSSR count). The van der Waals surface area contributed by atoms with Crippen molar-refractivity contribution >= 4 is 0 Å². The third-order valence-electron chi connectivity index (χ3n) is 3.25. The van der Waals surface area contributed by atoms with E-state index in [1.54, 1.807) is 0 Å². The number of rotatable bonds is 2. The molecule has 3 aliphatic rings. The average molecular weight is 266 g/mol. The lowest BCUT2D eigenvalue weighted by Gasteiger charge is -2.25. The maximum Gasteiger partial charge on any atom is 0.144 e. The van der Waals surface area contributed by atoms with Crippen molar-refractivity contribution in [1.82, 2.24) is 14.7 Å². The molecule has 19 heavy (non-hydrogen) atoms. The lowest BCUT2D eigenvalue weighted by Crippen LogP contribution is -2.32. The highest BCUT2D eigenvalue weighted by atomic mass is 16.6. The first kappa shape index (κ1) is 12.3. The van der Waals surface area contributed by atoms with Crippen molar-refractivity contribution in [3.05, 3.63) is 29.5 Å². The fraction of sp³-hybridized carbons (Fsp3) is 0.455. The summed E-state index contributed by atoms with van der Waals surface area (Å²) in [5.74, 6) is -0.0667. The van der Waals surface area contributed by atoms with Gasteiger partial charge in [0.15, 0.2) is 0 Å². The summed E-state index contributed by atoms with van der Waals surface area (Å²) < 4.78 is 5.79. The van der Waals surface area contributed by atoms with E-state index in [1.165, 1.54) is 18.5 Å². The lowest BCUT2D eigenvalue weighted by molar-refractivity contribution is -0.0259. The lowest BCUT2D eigenvalue weighted by atomic mass is 10.1. The largest absolute Gasteiger partial charge is 0.804 e. The van der Waals surface area contributed by atoms with Crippen LogP contribution in [0.5, 0.6) is 0 Å². The monoisotopic (exact) mass is 266 g/mol. The summed E-state index contributed by atoms with van der Waals surface area (Å²) in [5.41, 5.74) is 0.744. The highest BCUT2D eigenvalue weighted by molar-refractivity contribution is 5.56. The Hall–Kier alpha value is -1.74. The van der Waals surface area contributed by atoms with Crippen molar-refractivity contribution in [2.45, 2.75) is 24.4 Å². The molecule has 1 saturated heterocycles. The quantitative estimate of drug-likeness (QED) is 0.629. The molecule has 8 heteroatoms.